The molecule has 342 valence electrons. The van der Waals surface area contributed by atoms with E-state index in [0.29, 0.717) is 0 Å². The van der Waals surface area contributed by atoms with Gasteiger partial charge in [0.2, 0.25) is 0 Å². The standard InChI is InChI=1S/C71H47NO/c1-5-21-48(22-6-1)51-25-19-30-55(45-51)72(56-43-44-62-61-34-17-18-37-66(61)71(67(62)46-56,52-26-9-3-10-27-52)53-28-11-4-12-29-53)54-41-39-50(40-42-54)58-36-20-38-68-69(58)65-47-64(60-33-15-16-35-63(60)70(65)73-68)59-32-14-13-31-57(59)49-23-7-2-8-24-49/h1-47H. The maximum absolute atomic E-state index is 6.89. The van der Waals surface area contributed by atoms with Gasteiger partial charge in [0.15, 0.2) is 0 Å². The molecule has 0 saturated carbocycles. The van der Waals surface area contributed by atoms with Gasteiger partial charge in [0.05, 0.1) is 5.41 Å². The number of benzene rings is 12. The number of rotatable bonds is 9. The molecule has 2 nitrogen and oxygen atoms in total. The van der Waals surface area contributed by atoms with Gasteiger partial charge in [0.25, 0.3) is 0 Å². The van der Waals surface area contributed by atoms with Crippen molar-refractivity contribution in [1.29, 1.82) is 0 Å². The van der Waals surface area contributed by atoms with Crippen molar-refractivity contribution in [3.8, 4) is 55.6 Å². The molecule has 0 N–H and O–H groups in total. The van der Waals surface area contributed by atoms with Crippen LogP contribution in [0.5, 0.6) is 0 Å². The molecule has 0 unspecified atom stereocenters. The average molecular weight is 930 g/mol. The minimum atomic E-state index is -0.535. The zero-order chi connectivity index (χ0) is 48.3. The van der Waals surface area contributed by atoms with Crippen LogP contribution in [0.2, 0.25) is 0 Å². The largest absolute Gasteiger partial charge is 0.455 e. The lowest BCUT2D eigenvalue weighted by Crippen LogP contribution is -2.28. The fourth-order valence-corrected chi connectivity index (χ4v) is 12.0. The van der Waals surface area contributed by atoms with Crippen molar-refractivity contribution in [3.05, 3.63) is 307 Å². The van der Waals surface area contributed by atoms with Crippen molar-refractivity contribution >= 4 is 49.8 Å². The Balaban J connectivity index is 0.951. The minimum absolute atomic E-state index is 0.535. The van der Waals surface area contributed by atoms with Gasteiger partial charge in [0.1, 0.15) is 11.2 Å². The summed E-state index contributed by atoms with van der Waals surface area (Å²) in [4.78, 5) is 2.43. The van der Waals surface area contributed by atoms with E-state index in [1.165, 1.54) is 66.6 Å². The highest BCUT2D eigenvalue weighted by Crippen LogP contribution is 2.57. The van der Waals surface area contributed by atoms with E-state index >= 15 is 0 Å². The van der Waals surface area contributed by atoms with Crippen molar-refractivity contribution in [2.45, 2.75) is 5.41 Å². The third-order valence-electron chi connectivity index (χ3n) is 15.2. The summed E-state index contributed by atoms with van der Waals surface area (Å²) in [5, 5.41) is 4.48. The normalized spacial score (nSPS) is 12.5. The van der Waals surface area contributed by atoms with E-state index in [2.05, 4.69) is 290 Å². The summed E-state index contributed by atoms with van der Waals surface area (Å²) in [5.74, 6) is 0. The van der Waals surface area contributed by atoms with E-state index in [1.54, 1.807) is 0 Å². The van der Waals surface area contributed by atoms with Gasteiger partial charge in [-0.25, -0.2) is 0 Å². The highest BCUT2D eigenvalue weighted by Gasteiger charge is 2.46. The molecule has 0 aliphatic heterocycles. The zero-order valence-corrected chi connectivity index (χ0v) is 40.0. The summed E-state index contributed by atoms with van der Waals surface area (Å²) >= 11 is 0. The molecule has 1 heterocycles. The van der Waals surface area contributed by atoms with Gasteiger partial charge < -0.3 is 9.32 Å². The van der Waals surface area contributed by atoms with Crippen LogP contribution < -0.4 is 4.90 Å². The van der Waals surface area contributed by atoms with E-state index < -0.39 is 5.41 Å². The molecule has 13 aromatic rings. The second-order valence-corrected chi connectivity index (χ2v) is 19.1. The SMILES string of the molecule is c1ccc(-c2cccc(N(c3ccc(-c4cccc5oc6c7ccccc7c(-c7ccccc7-c7ccccc7)cc6c45)cc3)c3ccc4c(c3)C(c3ccccc3)(c3ccccc3)c3ccccc3-4)c2)cc1. The molecule has 14 rings (SSSR count). The highest BCUT2D eigenvalue weighted by molar-refractivity contribution is 6.22. The monoisotopic (exact) mass is 929 g/mol. The van der Waals surface area contributed by atoms with Crippen LogP contribution in [0.1, 0.15) is 22.3 Å². The van der Waals surface area contributed by atoms with Crippen molar-refractivity contribution in [1.82, 2.24) is 0 Å². The molecule has 0 spiro atoms. The van der Waals surface area contributed by atoms with Crippen molar-refractivity contribution in [2.24, 2.45) is 0 Å². The van der Waals surface area contributed by atoms with E-state index in [9.17, 15) is 0 Å². The van der Waals surface area contributed by atoms with Gasteiger partial charge in [-0.2, -0.15) is 0 Å². The van der Waals surface area contributed by atoms with Crippen LogP contribution in [0.15, 0.2) is 290 Å². The predicted molar refractivity (Wildman–Crippen MR) is 305 cm³/mol. The third-order valence-corrected chi connectivity index (χ3v) is 15.2. The Kier molecular flexibility index (Phi) is 10.1. The number of fused-ring (bicyclic) bond motifs is 8. The summed E-state index contributed by atoms with van der Waals surface area (Å²) in [6.45, 7) is 0. The Labute approximate surface area is 425 Å². The number of anilines is 3. The fourth-order valence-electron chi connectivity index (χ4n) is 12.0. The maximum Gasteiger partial charge on any atom is 0.143 e. The van der Waals surface area contributed by atoms with Crippen LogP contribution in [-0.2, 0) is 5.41 Å². The smallest absolute Gasteiger partial charge is 0.143 e. The van der Waals surface area contributed by atoms with Crippen LogP contribution in [-0.4, -0.2) is 0 Å². The van der Waals surface area contributed by atoms with Crippen molar-refractivity contribution in [2.75, 3.05) is 4.90 Å². The molecule has 0 fully saturated rings. The van der Waals surface area contributed by atoms with Crippen LogP contribution in [0, 0.1) is 0 Å². The molecule has 0 bridgehead atoms. The molecule has 1 aromatic heterocycles. The van der Waals surface area contributed by atoms with Crippen molar-refractivity contribution < 1.29 is 4.42 Å². The molecule has 0 saturated heterocycles. The molecule has 12 aromatic carbocycles. The van der Waals surface area contributed by atoms with Gasteiger partial charge >= 0.3 is 0 Å². The lowest BCUT2D eigenvalue weighted by atomic mass is 9.67. The number of nitrogens with zero attached hydrogens (tertiary/aromatic N) is 1. The van der Waals surface area contributed by atoms with E-state index in [0.717, 1.165) is 61.1 Å². The van der Waals surface area contributed by atoms with Crippen molar-refractivity contribution in [3.63, 3.8) is 0 Å². The summed E-state index contributed by atoms with van der Waals surface area (Å²) < 4.78 is 6.89. The summed E-state index contributed by atoms with van der Waals surface area (Å²) in [5.41, 5.74) is 21.4. The summed E-state index contributed by atoms with van der Waals surface area (Å²) in [6, 6.07) is 104. The molecule has 73 heavy (non-hydrogen) atoms. The molecular weight excluding hydrogens is 883 g/mol. The summed E-state index contributed by atoms with van der Waals surface area (Å²) in [6.07, 6.45) is 0. The van der Waals surface area contributed by atoms with Crippen LogP contribution in [0.3, 0.4) is 0 Å². The maximum atomic E-state index is 6.89. The van der Waals surface area contributed by atoms with Crippen LogP contribution in [0.4, 0.5) is 17.1 Å². The topological polar surface area (TPSA) is 16.4 Å². The van der Waals surface area contributed by atoms with Gasteiger partial charge in [-0.1, -0.05) is 237 Å². The third kappa shape index (κ3) is 6.87. The quantitative estimate of drug-likeness (QED) is 0.143. The predicted octanol–water partition coefficient (Wildman–Crippen LogP) is 19.2. The zero-order valence-electron chi connectivity index (χ0n) is 40.0. The second kappa shape index (κ2) is 17.4. The summed E-state index contributed by atoms with van der Waals surface area (Å²) in [7, 11) is 0. The molecule has 0 amide bonds. The number of hydrogen-bond donors (Lipinski definition) is 0. The lowest BCUT2D eigenvalue weighted by molar-refractivity contribution is 0.673. The molecule has 1 aliphatic carbocycles. The average Bonchev–Trinajstić information content (AvgIpc) is 4.03. The second-order valence-electron chi connectivity index (χ2n) is 19.1. The van der Waals surface area contributed by atoms with Crippen LogP contribution >= 0.6 is 0 Å². The first-order valence-corrected chi connectivity index (χ1v) is 25.2. The van der Waals surface area contributed by atoms with Crippen LogP contribution in [0.25, 0.3) is 88.3 Å². The first-order valence-electron chi connectivity index (χ1n) is 25.2. The number of furan rings is 1. The number of hydrogen-bond acceptors (Lipinski definition) is 2. The van der Waals surface area contributed by atoms with Gasteiger partial charge in [-0.3, -0.25) is 0 Å². The Morgan fingerprint density at radius 1 is 0.274 bits per heavy atom. The minimum Gasteiger partial charge on any atom is -0.455 e. The molecule has 1 aliphatic rings. The van der Waals surface area contributed by atoms with Gasteiger partial charge in [0, 0.05) is 33.2 Å². The van der Waals surface area contributed by atoms with E-state index in [4.69, 9.17) is 4.42 Å². The molecular formula is C71H47NO. The Morgan fingerprint density at radius 3 is 1.52 bits per heavy atom. The first kappa shape index (κ1) is 42.4. The molecule has 2 heteroatoms. The van der Waals surface area contributed by atoms with Gasteiger partial charge in [-0.05, 0) is 132 Å². The molecule has 0 radical (unpaired) electrons. The lowest BCUT2D eigenvalue weighted by Gasteiger charge is -2.35. The molecule has 0 atom stereocenters. The Bertz CT molecular complexity index is 4140. The Hall–Kier alpha value is -9.50. The first-order chi connectivity index (χ1) is 36.2. The highest BCUT2D eigenvalue weighted by atomic mass is 16.3. The fraction of sp³-hybridized carbons (Fsp3) is 0.0141. The van der Waals surface area contributed by atoms with E-state index in [-0.39, 0.29) is 0 Å². The Morgan fingerprint density at radius 2 is 0.795 bits per heavy atom. The van der Waals surface area contributed by atoms with Gasteiger partial charge in [-0.15, -0.1) is 0 Å². The van der Waals surface area contributed by atoms with E-state index in [1.807, 2.05) is 0 Å².